The second-order valence-electron chi connectivity index (χ2n) is 2.92. The second kappa shape index (κ2) is 4.71. The largest absolute Gasteiger partial charge is 0.408 e. The van der Waals surface area contributed by atoms with E-state index in [0.717, 1.165) is 5.13 Å². The predicted octanol–water partition coefficient (Wildman–Crippen LogP) is 2.21. The van der Waals surface area contributed by atoms with Gasteiger partial charge < -0.3 is 10.1 Å². The highest BCUT2D eigenvalue weighted by Gasteiger charge is 2.02. The molecule has 0 aromatic carbocycles. The summed E-state index contributed by atoms with van der Waals surface area (Å²) in [6.45, 7) is 1.34. The topological polar surface area (TPSA) is 64.1 Å². The maximum absolute atomic E-state index is 10.7. The van der Waals surface area contributed by atoms with Gasteiger partial charge in [-0.3, -0.25) is 4.79 Å². The number of pyridine rings is 1. The minimum Gasteiger partial charge on any atom is -0.408 e. The lowest BCUT2D eigenvalue weighted by Gasteiger charge is -2.03. The lowest BCUT2D eigenvalue weighted by molar-refractivity contribution is -0.132. The summed E-state index contributed by atoms with van der Waals surface area (Å²) in [7, 11) is 0. The first-order chi connectivity index (χ1) is 7.74. The van der Waals surface area contributed by atoms with Gasteiger partial charge in [-0.15, -0.1) is 11.3 Å². The molecule has 1 N–H and O–H groups in total. The maximum Gasteiger partial charge on any atom is 0.309 e. The number of carbonyl (C=O) groups excluding carboxylic acids is 1. The van der Waals surface area contributed by atoms with E-state index in [1.165, 1.54) is 18.3 Å². The fourth-order valence-corrected chi connectivity index (χ4v) is 1.62. The van der Waals surface area contributed by atoms with Crippen LogP contribution < -0.4 is 10.1 Å². The van der Waals surface area contributed by atoms with Crippen molar-refractivity contribution < 1.29 is 9.53 Å². The summed E-state index contributed by atoms with van der Waals surface area (Å²) in [5.41, 5.74) is 0. The molecule has 0 saturated heterocycles. The van der Waals surface area contributed by atoms with Gasteiger partial charge >= 0.3 is 5.97 Å². The highest BCUT2D eigenvalue weighted by atomic mass is 32.1. The van der Waals surface area contributed by atoms with Crippen LogP contribution >= 0.6 is 11.3 Å². The Bertz CT molecular complexity index is 485. The molecule has 2 heterocycles. The summed E-state index contributed by atoms with van der Waals surface area (Å²) in [6, 6.07) is 5.14. The summed E-state index contributed by atoms with van der Waals surface area (Å²) in [5.74, 6) is 0.474. The molecule has 0 unspecified atom stereocenters. The van der Waals surface area contributed by atoms with E-state index in [2.05, 4.69) is 15.3 Å². The van der Waals surface area contributed by atoms with Crippen molar-refractivity contribution in [2.45, 2.75) is 6.92 Å². The van der Waals surface area contributed by atoms with Gasteiger partial charge in [0, 0.05) is 24.6 Å². The molecule has 0 spiro atoms. The Balaban J connectivity index is 2.13. The molecule has 0 aliphatic rings. The van der Waals surface area contributed by atoms with Crippen molar-refractivity contribution in [1.82, 2.24) is 9.97 Å². The van der Waals surface area contributed by atoms with Crippen LogP contribution in [-0.2, 0) is 4.79 Å². The van der Waals surface area contributed by atoms with Crippen LogP contribution in [0.5, 0.6) is 5.88 Å². The van der Waals surface area contributed by atoms with E-state index in [4.69, 9.17) is 4.74 Å². The van der Waals surface area contributed by atoms with Gasteiger partial charge in [0.1, 0.15) is 5.82 Å². The summed E-state index contributed by atoms with van der Waals surface area (Å²) in [4.78, 5) is 18.9. The molecule has 0 atom stereocenters. The Kier molecular flexibility index (Phi) is 3.11. The SMILES string of the molecule is CC(=O)Oc1cccc(Nc2nccs2)n1. The summed E-state index contributed by atoms with van der Waals surface area (Å²) in [5, 5.41) is 5.60. The minimum absolute atomic E-state index is 0.272. The average Bonchev–Trinajstić information content (AvgIpc) is 2.70. The summed E-state index contributed by atoms with van der Waals surface area (Å²) < 4.78 is 4.87. The van der Waals surface area contributed by atoms with Gasteiger partial charge in [0.15, 0.2) is 5.13 Å². The van der Waals surface area contributed by atoms with Gasteiger partial charge in [-0.1, -0.05) is 6.07 Å². The first-order valence-corrected chi connectivity index (χ1v) is 5.44. The number of rotatable bonds is 3. The molecule has 0 fully saturated rings. The summed E-state index contributed by atoms with van der Waals surface area (Å²) >= 11 is 1.47. The Labute approximate surface area is 96.1 Å². The number of nitrogens with zero attached hydrogens (tertiary/aromatic N) is 2. The third-order valence-electron chi connectivity index (χ3n) is 1.64. The Morgan fingerprint density at radius 2 is 2.38 bits per heavy atom. The molecule has 0 bridgehead atoms. The number of aromatic nitrogens is 2. The molecule has 0 radical (unpaired) electrons. The number of anilines is 2. The van der Waals surface area contributed by atoms with Crippen LogP contribution in [0.15, 0.2) is 29.8 Å². The van der Waals surface area contributed by atoms with Crippen molar-refractivity contribution >= 4 is 28.3 Å². The third kappa shape index (κ3) is 2.77. The van der Waals surface area contributed by atoms with Crippen LogP contribution in [0.3, 0.4) is 0 Å². The van der Waals surface area contributed by atoms with Crippen molar-refractivity contribution in [2.75, 3.05) is 5.32 Å². The lowest BCUT2D eigenvalue weighted by Crippen LogP contribution is -2.03. The zero-order valence-electron chi connectivity index (χ0n) is 8.51. The fourth-order valence-electron chi connectivity index (χ4n) is 1.08. The minimum atomic E-state index is -0.390. The fraction of sp³-hybridized carbons (Fsp3) is 0.100. The van der Waals surface area contributed by atoms with E-state index >= 15 is 0 Å². The van der Waals surface area contributed by atoms with E-state index in [-0.39, 0.29) is 11.8 Å². The average molecular weight is 235 g/mol. The molecule has 0 aliphatic carbocycles. The summed E-state index contributed by atoms with van der Waals surface area (Å²) in [6.07, 6.45) is 1.70. The highest BCUT2D eigenvalue weighted by molar-refractivity contribution is 7.13. The van der Waals surface area contributed by atoms with Crippen LogP contribution in [0.4, 0.5) is 10.9 Å². The van der Waals surface area contributed by atoms with Crippen molar-refractivity contribution in [3.05, 3.63) is 29.8 Å². The molecule has 2 aromatic rings. The number of nitrogens with one attached hydrogen (secondary N) is 1. The Morgan fingerprint density at radius 3 is 3.06 bits per heavy atom. The van der Waals surface area contributed by atoms with Gasteiger partial charge in [-0.05, 0) is 6.07 Å². The van der Waals surface area contributed by atoms with Gasteiger partial charge in [0.25, 0.3) is 0 Å². The zero-order valence-corrected chi connectivity index (χ0v) is 9.32. The van der Waals surface area contributed by atoms with Crippen molar-refractivity contribution in [3.8, 4) is 5.88 Å². The third-order valence-corrected chi connectivity index (χ3v) is 2.33. The first kappa shape index (κ1) is 10.6. The molecule has 2 aromatic heterocycles. The molecule has 0 saturated carbocycles. The van der Waals surface area contributed by atoms with Gasteiger partial charge in [0.05, 0.1) is 0 Å². The second-order valence-corrected chi connectivity index (χ2v) is 3.81. The molecular weight excluding hydrogens is 226 g/mol. The zero-order chi connectivity index (χ0) is 11.4. The van der Waals surface area contributed by atoms with E-state index in [1.807, 2.05) is 5.38 Å². The van der Waals surface area contributed by atoms with Crippen molar-refractivity contribution in [1.29, 1.82) is 0 Å². The van der Waals surface area contributed by atoms with Gasteiger partial charge in [0.2, 0.25) is 5.88 Å². The number of hydrogen-bond donors (Lipinski definition) is 1. The number of ether oxygens (including phenoxy) is 1. The molecular formula is C10H9N3O2S. The van der Waals surface area contributed by atoms with Crippen molar-refractivity contribution in [3.63, 3.8) is 0 Å². The van der Waals surface area contributed by atoms with Crippen LogP contribution in [0.2, 0.25) is 0 Å². The highest BCUT2D eigenvalue weighted by Crippen LogP contribution is 2.18. The monoisotopic (exact) mass is 235 g/mol. The molecule has 6 heteroatoms. The predicted molar refractivity (Wildman–Crippen MR) is 60.9 cm³/mol. The van der Waals surface area contributed by atoms with Gasteiger partial charge in [-0.25, -0.2) is 4.98 Å². The van der Waals surface area contributed by atoms with E-state index in [0.29, 0.717) is 5.82 Å². The standard InChI is InChI=1S/C10H9N3O2S/c1-7(14)15-9-4-2-3-8(12-9)13-10-11-5-6-16-10/h2-6H,1H3,(H,11,12,13). The van der Waals surface area contributed by atoms with Crippen molar-refractivity contribution in [2.24, 2.45) is 0 Å². The lowest BCUT2D eigenvalue weighted by atomic mass is 10.4. The molecule has 5 nitrogen and oxygen atoms in total. The molecule has 0 amide bonds. The number of esters is 1. The number of hydrogen-bond acceptors (Lipinski definition) is 6. The van der Waals surface area contributed by atoms with E-state index < -0.39 is 0 Å². The van der Waals surface area contributed by atoms with Crippen LogP contribution in [-0.4, -0.2) is 15.9 Å². The van der Waals surface area contributed by atoms with E-state index in [1.54, 1.807) is 24.4 Å². The van der Waals surface area contributed by atoms with E-state index in [9.17, 15) is 4.79 Å². The number of thiazole rings is 1. The van der Waals surface area contributed by atoms with Crippen LogP contribution in [0.25, 0.3) is 0 Å². The van der Waals surface area contributed by atoms with Crippen LogP contribution in [0.1, 0.15) is 6.92 Å². The van der Waals surface area contributed by atoms with Crippen LogP contribution in [0, 0.1) is 0 Å². The quantitative estimate of drug-likeness (QED) is 0.826. The maximum atomic E-state index is 10.7. The first-order valence-electron chi connectivity index (χ1n) is 4.56. The Hall–Kier alpha value is -1.95. The smallest absolute Gasteiger partial charge is 0.309 e. The molecule has 0 aliphatic heterocycles. The molecule has 16 heavy (non-hydrogen) atoms. The molecule has 2 rings (SSSR count). The number of carbonyl (C=O) groups is 1. The Morgan fingerprint density at radius 1 is 1.50 bits per heavy atom. The normalized spacial score (nSPS) is 9.81. The van der Waals surface area contributed by atoms with Gasteiger partial charge in [-0.2, -0.15) is 4.98 Å². The molecule has 82 valence electrons.